The molecule has 1 aromatic heterocycles. The lowest BCUT2D eigenvalue weighted by atomic mass is 10.0. The third kappa shape index (κ3) is 5.73. The van der Waals surface area contributed by atoms with E-state index in [0.717, 1.165) is 30.8 Å². The van der Waals surface area contributed by atoms with Crippen LogP contribution in [0.3, 0.4) is 0 Å². The van der Waals surface area contributed by atoms with Crippen molar-refractivity contribution in [1.82, 2.24) is 10.3 Å². The first-order valence-corrected chi connectivity index (χ1v) is 7.98. The van der Waals surface area contributed by atoms with E-state index < -0.39 is 0 Å². The molecule has 1 aliphatic rings. The summed E-state index contributed by atoms with van der Waals surface area (Å²) >= 11 is 0. The number of nitrogens with zero attached hydrogens (tertiary/aromatic N) is 1. The smallest absolute Gasteiger partial charge is 0.0891 e. The van der Waals surface area contributed by atoms with Crippen LogP contribution in [-0.4, -0.2) is 29.3 Å². The molecule has 0 bridgehead atoms. The van der Waals surface area contributed by atoms with Gasteiger partial charge >= 0.3 is 0 Å². The van der Waals surface area contributed by atoms with Gasteiger partial charge in [0.2, 0.25) is 0 Å². The second kappa shape index (κ2) is 7.87. The molecule has 0 saturated carbocycles. The van der Waals surface area contributed by atoms with E-state index in [0.29, 0.717) is 12.6 Å². The summed E-state index contributed by atoms with van der Waals surface area (Å²) in [4.78, 5) is 4.65. The van der Waals surface area contributed by atoms with Gasteiger partial charge in [0.05, 0.1) is 36.3 Å². The van der Waals surface area contributed by atoms with Crippen LogP contribution in [0.15, 0.2) is 18.2 Å². The fourth-order valence-electron chi connectivity index (χ4n) is 2.70. The zero-order chi connectivity index (χ0) is 15.2. The van der Waals surface area contributed by atoms with Crippen molar-refractivity contribution in [3.05, 3.63) is 29.6 Å². The minimum absolute atomic E-state index is 0.281. The summed E-state index contributed by atoms with van der Waals surface area (Å²) in [6, 6.07) is 6.61. The SMILES string of the molecule is CC(C)NCc1cccc(COC2CC(C)OC(C)C2)n1. The maximum absolute atomic E-state index is 6.03. The first-order chi connectivity index (χ1) is 10.0. The highest BCUT2D eigenvalue weighted by atomic mass is 16.5. The molecule has 0 amide bonds. The summed E-state index contributed by atoms with van der Waals surface area (Å²) in [6.45, 7) is 9.89. The average molecular weight is 292 g/mol. The number of aromatic nitrogens is 1. The van der Waals surface area contributed by atoms with Gasteiger partial charge in [-0.3, -0.25) is 4.98 Å². The van der Waals surface area contributed by atoms with Crippen molar-refractivity contribution in [2.45, 2.75) is 78.0 Å². The maximum atomic E-state index is 6.03. The van der Waals surface area contributed by atoms with Gasteiger partial charge in [0, 0.05) is 12.6 Å². The summed E-state index contributed by atoms with van der Waals surface area (Å²) < 4.78 is 11.8. The van der Waals surface area contributed by atoms with Gasteiger partial charge in [-0.2, -0.15) is 0 Å². The van der Waals surface area contributed by atoms with Crippen molar-refractivity contribution in [1.29, 1.82) is 0 Å². The van der Waals surface area contributed by atoms with Crippen molar-refractivity contribution in [2.24, 2.45) is 0 Å². The number of hydrogen-bond donors (Lipinski definition) is 1. The Labute approximate surface area is 128 Å². The fraction of sp³-hybridized carbons (Fsp3) is 0.706. The van der Waals surface area contributed by atoms with Crippen LogP contribution in [0.5, 0.6) is 0 Å². The minimum atomic E-state index is 0.281. The van der Waals surface area contributed by atoms with Crippen molar-refractivity contribution in [2.75, 3.05) is 0 Å². The highest BCUT2D eigenvalue weighted by molar-refractivity contribution is 5.10. The van der Waals surface area contributed by atoms with Gasteiger partial charge in [-0.05, 0) is 38.8 Å². The molecule has 118 valence electrons. The quantitative estimate of drug-likeness (QED) is 0.875. The van der Waals surface area contributed by atoms with E-state index in [4.69, 9.17) is 9.47 Å². The normalized spacial score (nSPS) is 26.2. The number of hydrogen-bond acceptors (Lipinski definition) is 4. The number of nitrogens with one attached hydrogen (secondary N) is 1. The summed E-state index contributed by atoms with van der Waals surface area (Å²) in [7, 11) is 0. The van der Waals surface area contributed by atoms with Gasteiger partial charge in [-0.25, -0.2) is 0 Å². The molecule has 2 heterocycles. The zero-order valence-corrected chi connectivity index (χ0v) is 13.6. The Hall–Kier alpha value is -0.970. The van der Waals surface area contributed by atoms with Gasteiger partial charge in [0.15, 0.2) is 0 Å². The molecule has 21 heavy (non-hydrogen) atoms. The van der Waals surface area contributed by atoms with Crippen LogP contribution >= 0.6 is 0 Å². The van der Waals surface area contributed by atoms with Crippen LogP contribution in [-0.2, 0) is 22.6 Å². The molecule has 1 aromatic rings. The van der Waals surface area contributed by atoms with Gasteiger partial charge in [-0.15, -0.1) is 0 Å². The van der Waals surface area contributed by atoms with Crippen LogP contribution in [0.1, 0.15) is 51.9 Å². The number of ether oxygens (including phenoxy) is 2. The molecule has 1 fully saturated rings. The molecule has 1 N–H and O–H groups in total. The lowest BCUT2D eigenvalue weighted by molar-refractivity contribution is -0.106. The Morgan fingerprint density at radius 3 is 2.57 bits per heavy atom. The van der Waals surface area contributed by atoms with E-state index in [9.17, 15) is 0 Å². The summed E-state index contributed by atoms with van der Waals surface area (Å²) in [5.41, 5.74) is 2.07. The molecule has 0 radical (unpaired) electrons. The monoisotopic (exact) mass is 292 g/mol. The summed E-state index contributed by atoms with van der Waals surface area (Å²) in [5, 5.41) is 3.39. The highest BCUT2D eigenvalue weighted by Crippen LogP contribution is 2.22. The van der Waals surface area contributed by atoms with Gasteiger partial charge in [0.25, 0.3) is 0 Å². The Bertz CT molecular complexity index is 427. The third-order valence-electron chi connectivity index (χ3n) is 3.68. The molecule has 0 aromatic carbocycles. The molecule has 2 unspecified atom stereocenters. The minimum Gasteiger partial charge on any atom is -0.375 e. The van der Waals surface area contributed by atoms with Crippen LogP contribution in [0.25, 0.3) is 0 Å². The molecule has 1 aliphatic heterocycles. The number of rotatable bonds is 6. The lowest BCUT2D eigenvalue weighted by Crippen LogP contribution is -2.34. The Morgan fingerprint density at radius 1 is 1.24 bits per heavy atom. The molecule has 2 atom stereocenters. The molecule has 0 spiro atoms. The first-order valence-electron chi connectivity index (χ1n) is 7.98. The fourth-order valence-corrected chi connectivity index (χ4v) is 2.70. The lowest BCUT2D eigenvalue weighted by Gasteiger charge is -2.31. The number of pyridine rings is 1. The van der Waals surface area contributed by atoms with E-state index in [2.05, 4.69) is 50.1 Å². The Morgan fingerprint density at radius 2 is 1.90 bits per heavy atom. The molecule has 1 saturated heterocycles. The van der Waals surface area contributed by atoms with Crippen molar-refractivity contribution < 1.29 is 9.47 Å². The molecule has 4 heteroatoms. The molecular weight excluding hydrogens is 264 g/mol. The van der Waals surface area contributed by atoms with Crippen LogP contribution in [0.4, 0.5) is 0 Å². The van der Waals surface area contributed by atoms with Crippen LogP contribution < -0.4 is 5.32 Å². The van der Waals surface area contributed by atoms with Gasteiger partial charge < -0.3 is 14.8 Å². The topological polar surface area (TPSA) is 43.4 Å². The standard InChI is InChI=1S/C17H28N2O2/c1-12(2)18-10-15-6-5-7-16(19-15)11-20-17-8-13(3)21-14(4)9-17/h5-7,12-14,17-18H,8-11H2,1-4H3. The van der Waals surface area contributed by atoms with E-state index in [1.54, 1.807) is 0 Å². The Balaban J connectivity index is 1.83. The largest absolute Gasteiger partial charge is 0.375 e. The zero-order valence-electron chi connectivity index (χ0n) is 13.6. The predicted molar refractivity (Wildman–Crippen MR) is 84.0 cm³/mol. The molecule has 2 rings (SSSR count). The van der Waals surface area contributed by atoms with Gasteiger partial charge in [-0.1, -0.05) is 19.9 Å². The second-order valence-corrected chi connectivity index (χ2v) is 6.32. The van der Waals surface area contributed by atoms with E-state index in [-0.39, 0.29) is 18.3 Å². The van der Waals surface area contributed by atoms with Crippen LogP contribution in [0, 0.1) is 0 Å². The van der Waals surface area contributed by atoms with Crippen LogP contribution in [0.2, 0.25) is 0 Å². The summed E-state index contributed by atoms with van der Waals surface area (Å²) in [6.07, 6.45) is 2.79. The molecule has 4 nitrogen and oxygen atoms in total. The first kappa shape index (κ1) is 16.4. The van der Waals surface area contributed by atoms with E-state index >= 15 is 0 Å². The average Bonchev–Trinajstić information content (AvgIpc) is 2.42. The van der Waals surface area contributed by atoms with E-state index in [1.165, 1.54) is 0 Å². The third-order valence-corrected chi connectivity index (χ3v) is 3.68. The van der Waals surface area contributed by atoms with E-state index in [1.807, 2.05) is 6.07 Å². The van der Waals surface area contributed by atoms with Crippen molar-refractivity contribution in [3.8, 4) is 0 Å². The molecule has 0 aliphatic carbocycles. The van der Waals surface area contributed by atoms with Gasteiger partial charge in [0.1, 0.15) is 0 Å². The predicted octanol–water partition coefficient (Wildman–Crippen LogP) is 3.05. The van der Waals surface area contributed by atoms with Crippen molar-refractivity contribution >= 4 is 0 Å². The summed E-state index contributed by atoms with van der Waals surface area (Å²) in [5.74, 6) is 0. The molecular formula is C17H28N2O2. The van der Waals surface area contributed by atoms with Crippen molar-refractivity contribution in [3.63, 3.8) is 0 Å². The highest BCUT2D eigenvalue weighted by Gasteiger charge is 2.24. The maximum Gasteiger partial charge on any atom is 0.0891 e. The second-order valence-electron chi connectivity index (χ2n) is 6.32. The Kier molecular flexibility index (Phi) is 6.15.